The Morgan fingerprint density at radius 3 is 1.34 bits per heavy atom. The van der Waals surface area contributed by atoms with E-state index in [1.807, 2.05) is 6.07 Å². The lowest BCUT2D eigenvalue weighted by Gasteiger charge is -2.29. The number of benzene rings is 10. The minimum absolute atomic E-state index is 0.880. The Morgan fingerprint density at radius 1 is 0.258 bits per heavy atom. The molecule has 0 saturated heterocycles. The monoisotopic (exact) mass is 791 g/mol. The highest BCUT2D eigenvalue weighted by Crippen LogP contribution is 2.47. The third-order valence-corrected chi connectivity index (χ3v) is 11.9. The smallest absolute Gasteiger partial charge is 0.143 e. The second-order valence-corrected chi connectivity index (χ2v) is 15.7. The number of furan rings is 1. The van der Waals surface area contributed by atoms with Crippen LogP contribution in [0.5, 0.6) is 0 Å². The molecule has 0 spiro atoms. The molecular weight excluding hydrogens is 751 g/mol. The molecule has 1 heterocycles. The molecule has 0 N–H and O–H groups in total. The molecule has 11 aromatic rings. The zero-order valence-corrected chi connectivity index (χ0v) is 34.0. The van der Waals surface area contributed by atoms with Gasteiger partial charge in [0.1, 0.15) is 11.2 Å². The topological polar surface area (TPSA) is 16.4 Å². The van der Waals surface area contributed by atoms with Gasteiger partial charge in [-0.05, 0) is 104 Å². The molecule has 0 unspecified atom stereocenters. The minimum Gasteiger partial charge on any atom is -0.455 e. The zero-order valence-electron chi connectivity index (χ0n) is 34.0. The van der Waals surface area contributed by atoms with Gasteiger partial charge in [-0.25, -0.2) is 0 Å². The molecule has 0 fully saturated rings. The van der Waals surface area contributed by atoms with Gasteiger partial charge in [0.2, 0.25) is 0 Å². The lowest BCUT2D eigenvalue weighted by atomic mass is 9.92. The Morgan fingerprint density at radius 2 is 0.726 bits per heavy atom. The van der Waals surface area contributed by atoms with Crippen molar-refractivity contribution in [2.75, 3.05) is 4.90 Å². The highest BCUT2D eigenvalue weighted by Gasteiger charge is 2.22. The maximum absolute atomic E-state index is 6.64. The molecule has 10 aromatic carbocycles. The number of fused-ring (bicyclic) bond motifs is 3. The first-order valence-electron chi connectivity index (χ1n) is 21.2. The molecule has 0 bridgehead atoms. The van der Waals surface area contributed by atoms with E-state index in [0.29, 0.717) is 0 Å². The van der Waals surface area contributed by atoms with E-state index in [0.717, 1.165) is 83.5 Å². The van der Waals surface area contributed by atoms with Gasteiger partial charge in [-0.2, -0.15) is 0 Å². The van der Waals surface area contributed by atoms with Crippen molar-refractivity contribution < 1.29 is 4.42 Å². The van der Waals surface area contributed by atoms with Gasteiger partial charge in [0.25, 0.3) is 0 Å². The van der Waals surface area contributed by atoms with Crippen LogP contribution in [0, 0.1) is 0 Å². The first-order valence-corrected chi connectivity index (χ1v) is 21.2. The van der Waals surface area contributed by atoms with Crippen LogP contribution < -0.4 is 4.90 Å². The molecule has 62 heavy (non-hydrogen) atoms. The molecule has 2 heteroatoms. The Balaban J connectivity index is 1.13. The molecule has 0 atom stereocenters. The van der Waals surface area contributed by atoms with Crippen LogP contribution in [-0.2, 0) is 0 Å². The van der Waals surface area contributed by atoms with Crippen molar-refractivity contribution in [3.05, 3.63) is 249 Å². The zero-order chi connectivity index (χ0) is 41.2. The van der Waals surface area contributed by atoms with Crippen LogP contribution in [0.4, 0.5) is 17.1 Å². The number of anilines is 3. The SMILES string of the molecule is c1ccc(-c2ccc(-c3ccc(N(c4cccc(-c5ccccc5)c4)c4cc(-c5ccccc5)ccc4-c4cc(-c5ccccc5)c5oc6ccccc6c5c4)cc3)cc2)cc1. The van der Waals surface area contributed by atoms with Crippen molar-refractivity contribution in [3.8, 4) is 66.8 Å². The van der Waals surface area contributed by atoms with Crippen LogP contribution in [0.3, 0.4) is 0 Å². The Bertz CT molecular complexity index is 3300. The molecule has 0 aliphatic rings. The van der Waals surface area contributed by atoms with Crippen molar-refractivity contribution in [3.63, 3.8) is 0 Å². The molecule has 0 radical (unpaired) electrons. The molecule has 0 amide bonds. The maximum Gasteiger partial charge on any atom is 0.143 e. The molecule has 2 nitrogen and oxygen atoms in total. The van der Waals surface area contributed by atoms with Crippen molar-refractivity contribution in [1.29, 1.82) is 0 Å². The van der Waals surface area contributed by atoms with Crippen LogP contribution >= 0.6 is 0 Å². The summed E-state index contributed by atoms with van der Waals surface area (Å²) in [4.78, 5) is 2.43. The third kappa shape index (κ3) is 7.04. The Kier molecular flexibility index (Phi) is 9.57. The van der Waals surface area contributed by atoms with Crippen LogP contribution in [-0.4, -0.2) is 0 Å². The predicted molar refractivity (Wildman–Crippen MR) is 261 cm³/mol. The summed E-state index contributed by atoms with van der Waals surface area (Å²) in [5, 5.41) is 2.19. The van der Waals surface area contributed by atoms with Crippen LogP contribution in [0.25, 0.3) is 88.7 Å². The first-order chi connectivity index (χ1) is 30.7. The van der Waals surface area contributed by atoms with E-state index in [1.165, 1.54) is 22.3 Å². The number of para-hydroxylation sites is 1. The molecule has 0 aliphatic heterocycles. The molecule has 292 valence electrons. The summed E-state index contributed by atoms with van der Waals surface area (Å²) in [7, 11) is 0. The van der Waals surface area contributed by atoms with Crippen molar-refractivity contribution in [2.45, 2.75) is 0 Å². The van der Waals surface area contributed by atoms with Gasteiger partial charge in [-0.15, -0.1) is 0 Å². The summed E-state index contributed by atoms with van der Waals surface area (Å²) in [6, 6.07) is 89.2. The first kappa shape index (κ1) is 36.8. The van der Waals surface area contributed by atoms with Crippen LogP contribution in [0.1, 0.15) is 0 Å². The highest BCUT2D eigenvalue weighted by molar-refractivity contribution is 6.12. The molecule has 11 rings (SSSR count). The number of hydrogen-bond acceptors (Lipinski definition) is 2. The van der Waals surface area contributed by atoms with Gasteiger partial charge >= 0.3 is 0 Å². The highest BCUT2D eigenvalue weighted by atomic mass is 16.3. The summed E-state index contributed by atoms with van der Waals surface area (Å²) in [5.41, 5.74) is 18.8. The largest absolute Gasteiger partial charge is 0.455 e. The van der Waals surface area contributed by atoms with Gasteiger partial charge < -0.3 is 9.32 Å². The minimum atomic E-state index is 0.880. The van der Waals surface area contributed by atoms with E-state index in [1.54, 1.807) is 0 Å². The summed E-state index contributed by atoms with van der Waals surface area (Å²) < 4.78 is 6.64. The fourth-order valence-corrected chi connectivity index (χ4v) is 8.76. The van der Waals surface area contributed by atoms with Crippen molar-refractivity contribution in [2.24, 2.45) is 0 Å². The summed E-state index contributed by atoms with van der Waals surface area (Å²) in [5.74, 6) is 0. The number of hydrogen-bond donors (Lipinski definition) is 0. The molecule has 0 saturated carbocycles. The van der Waals surface area contributed by atoms with Gasteiger partial charge in [0.15, 0.2) is 0 Å². The normalized spacial score (nSPS) is 11.2. The second kappa shape index (κ2) is 16.1. The lowest BCUT2D eigenvalue weighted by Crippen LogP contribution is -2.11. The number of rotatable bonds is 9. The Hall–Kier alpha value is -8.20. The van der Waals surface area contributed by atoms with E-state index in [9.17, 15) is 0 Å². The quantitative estimate of drug-likeness (QED) is 0.145. The fraction of sp³-hybridized carbons (Fsp3) is 0. The molecular formula is C60H41NO. The standard InChI is InChI=1S/C60H41NO/c1-5-16-42(17-6-1)45-28-30-46(31-29-45)47-32-35-52(36-33-47)61(53-25-15-24-49(38-53)43-18-7-2-8-19-43)58-41-50(44-20-9-3-10-21-44)34-37-54(58)51-39-56(48-22-11-4-12-23-48)60-57(40-51)55-26-13-14-27-59(55)62-60/h1-41H. The summed E-state index contributed by atoms with van der Waals surface area (Å²) >= 11 is 0. The van der Waals surface area contributed by atoms with Crippen molar-refractivity contribution in [1.82, 2.24) is 0 Å². The Labute approximate surface area is 362 Å². The average Bonchev–Trinajstić information content (AvgIpc) is 3.74. The van der Waals surface area contributed by atoms with Gasteiger partial charge in [0, 0.05) is 33.3 Å². The predicted octanol–water partition coefficient (Wildman–Crippen LogP) is 17.1. The van der Waals surface area contributed by atoms with E-state index < -0.39 is 0 Å². The van der Waals surface area contributed by atoms with E-state index in [-0.39, 0.29) is 0 Å². The van der Waals surface area contributed by atoms with Crippen LogP contribution in [0.15, 0.2) is 253 Å². The lowest BCUT2D eigenvalue weighted by molar-refractivity contribution is 0.670. The number of nitrogens with zero attached hydrogens (tertiary/aromatic N) is 1. The van der Waals surface area contributed by atoms with Gasteiger partial charge in [-0.3, -0.25) is 0 Å². The van der Waals surface area contributed by atoms with Crippen LogP contribution in [0.2, 0.25) is 0 Å². The molecule has 1 aromatic heterocycles. The maximum atomic E-state index is 6.64. The average molecular weight is 792 g/mol. The van der Waals surface area contributed by atoms with Crippen molar-refractivity contribution >= 4 is 39.0 Å². The summed E-state index contributed by atoms with van der Waals surface area (Å²) in [6.45, 7) is 0. The molecule has 0 aliphatic carbocycles. The van der Waals surface area contributed by atoms with Gasteiger partial charge in [0.05, 0.1) is 5.69 Å². The second-order valence-electron chi connectivity index (χ2n) is 15.7. The van der Waals surface area contributed by atoms with E-state index >= 15 is 0 Å². The summed E-state index contributed by atoms with van der Waals surface area (Å²) in [6.07, 6.45) is 0. The fourth-order valence-electron chi connectivity index (χ4n) is 8.76. The van der Waals surface area contributed by atoms with E-state index in [2.05, 4.69) is 248 Å². The van der Waals surface area contributed by atoms with Gasteiger partial charge in [-0.1, -0.05) is 200 Å². The third-order valence-electron chi connectivity index (χ3n) is 11.9. The van der Waals surface area contributed by atoms with E-state index in [4.69, 9.17) is 4.42 Å².